The fourth-order valence-corrected chi connectivity index (χ4v) is 2.75. The maximum Gasteiger partial charge on any atom is 0.150 e. The minimum Gasteiger partial charge on any atom is -0.396 e. The summed E-state index contributed by atoms with van der Waals surface area (Å²) in [6.45, 7) is 3.98. The van der Waals surface area contributed by atoms with Crippen molar-refractivity contribution in [3.63, 3.8) is 0 Å². The lowest BCUT2D eigenvalue weighted by atomic mass is 10.2. The van der Waals surface area contributed by atoms with E-state index in [-0.39, 0.29) is 11.5 Å². The summed E-state index contributed by atoms with van der Waals surface area (Å²) < 4.78 is 13.7. The third-order valence-corrected chi connectivity index (χ3v) is 3.52. The summed E-state index contributed by atoms with van der Waals surface area (Å²) in [4.78, 5) is 4.41. The Hall–Kier alpha value is -1.55. The lowest BCUT2D eigenvalue weighted by molar-refractivity contribution is 0.622. The number of benzene rings is 1. The molecule has 1 heterocycles. The number of pyridine rings is 1. The molecule has 0 bridgehead atoms. The molecule has 0 aliphatic heterocycles. The molecule has 0 aliphatic rings. The second-order valence-corrected chi connectivity index (χ2v) is 5.23. The van der Waals surface area contributed by atoms with Crippen LogP contribution in [0.15, 0.2) is 35.4 Å². The van der Waals surface area contributed by atoms with Gasteiger partial charge in [0.25, 0.3) is 0 Å². The molecular formula is C14H15FN2S. The molecule has 1 aromatic carbocycles. The van der Waals surface area contributed by atoms with E-state index in [1.807, 2.05) is 26.0 Å². The predicted octanol–water partition coefficient (Wildman–Crippen LogP) is 3.71. The Morgan fingerprint density at radius 3 is 2.78 bits per heavy atom. The van der Waals surface area contributed by atoms with Crippen LogP contribution in [0.2, 0.25) is 0 Å². The van der Waals surface area contributed by atoms with Crippen LogP contribution in [0, 0.1) is 19.7 Å². The lowest BCUT2D eigenvalue weighted by Crippen LogP contribution is -1.95. The molecule has 2 N–H and O–H groups in total. The summed E-state index contributed by atoms with van der Waals surface area (Å²) >= 11 is 1.52. The number of anilines is 1. The van der Waals surface area contributed by atoms with Gasteiger partial charge in [0.15, 0.2) is 0 Å². The normalized spacial score (nSPS) is 10.6. The minimum atomic E-state index is -0.325. The van der Waals surface area contributed by atoms with Gasteiger partial charge in [0.05, 0.1) is 10.7 Å². The highest BCUT2D eigenvalue weighted by Gasteiger charge is 2.06. The van der Waals surface area contributed by atoms with E-state index in [1.165, 1.54) is 11.8 Å². The van der Waals surface area contributed by atoms with Crippen molar-refractivity contribution in [3.8, 4) is 0 Å². The van der Waals surface area contributed by atoms with Gasteiger partial charge in [-0.15, -0.1) is 11.8 Å². The van der Waals surface area contributed by atoms with Crippen LogP contribution in [-0.4, -0.2) is 4.98 Å². The SMILES string of the molecule is Cc1cc(C)nc(SCc2cccc(N)c2F)c1. The molecule has 0 radical (unpaired) electrons. The Labute approximate surface area is 110 Å². The topological polar surface area (TPSA) is 38.9 Å². The van der Waals surface area contributed by atoms with E-state index in [9.17, 15) is 4.39 Å². The maximum absolute atomic E-state index is 13.7. The van der Waals surface area contributed by atoms with Gasteiger partial charge in [0.1, 0.15) is 5.82 Å². The molecule has 1 aromatic heterocycles. The monoisotopic (exact) mass is 262 g/mol. The molecule has 0 atom stereocenters. The number of aryl methyl sites for hydroxylation is 2. The molecule has 94 valence electrons. The average molecular weight is 262 g/mol. The highest BCUT2D eigenvalue weighted by molar-refractivity contribution is 7.98. The Balaban J connectivity index is 2.14. The predicted molar refractivity (Wildman–Crippen MR) is 74.1 cm³/mol. The molecule has 0 saturated carbocycles. The minimum absolute atomic E-state index is 0.196. The van der Waals surface area contributed by atoms with Gasteiger partial charge in [0, 0.05) is 17.0 Å². The number of nitrogen functional groups attached to an aromatic ring is 1. The highest BCUT2D eigenvalue weighted by atomic mass is 32.2. The first-order chi connectivity index (χ1) is 8.56. The number of nitrogens with zero attached hydrogens (tertiary/aromatic N) is 1. The molecule has 0 unspecified atom stereocenters. The van der Waals surface area contributed by atoms with Gasteiger partial charge >= 0.3 is 0 Å². The van der Waals surface area contributed by atoms with Crippen LogP contribution < -0.4 is 5.73 Å². The van der Waals surface area contributed by atoms with Crippen LogP contribution in [0.4, 0.5) is 10.1 Å². The maximum atomic E-state index is 13.7. The number of halogens is 1. The average Bonchev–Trinajstić information content (AvgIpc) is 2.30. The van der Waals surface area contributed by atoms with E-state index in [2.05, 4.69) is 4.98 Å². The lowest BCUT2D eigenvalue weighted by Gasteiger charge is -2.06. The van der Waals surface area contributed by atoms with Crippen molar-refractivity contribution in [3.05, 3.63) is 53.0 Å². The van der Waals surface area contributed by atoms with Crippen LogP contribution >= 0.6 is 11.8 Å². The Bertz CT molecular complexity index is 549. The number of aromatic nitrogens is 1. The number of nitrogens with two attached hydrogens (primary N) is 1. The van der Waals surface area contributed by atoms with E-state index in [0.717, 1.165) is 16.3 Å². The van der Waals surface area contributed by atoms with Gasteiger partial charge in [-0.3, -0.25) is 0 Å². The van der Waals surface area contributed by atoms with Crippen LogP contribution in [0.5, 0.6) is 0 Å². The van der Waals surface area contributed by atoms with E-state index >= 15 is 0 Å². The van der Waals surface area contributed by atoms with Crippen molar-refractivity contribution in [2.45, 2.75) is 24.6 Å². The zero-order chi connectivity index (χ0) is 13.1. The van der Waals surface area contributed by atoms with Gasteiger partial charge in [-0.25, -0.2) is 9.37 Å². The smallest absolute Gasteiger partial charge is 0.150 e. The van der Waals surface area contributed by atoms with Crippen molar-refractivity contribution in [1.82, 2.24) is 4.98 Å². The summed E-state index contributed by atoms with van der Waals surface area (Å²) in [7, 11) is 0. The summed E-state index contributed by atoms with van der Waals surface area (Å²) in [5.41, 5.74) is 8.49. The first kappa shape index (κ1) is 12.9. The molecule has 0 aliphatic carbocycles. The van der Waals surface area contributed by atoms with Crippen LogP contribution in [0.25, 0.3) is 0 Å². The molecule has 18 heavy (non-hydrogen) atoms. The molecule has 0 fully saturated rings. The van der Waals surface area contributed by atoms with Crippen LogP contribution in [-0.2, 0) is 5.75 Å². The molecule has 0 spiro atoms. The molecule has 0 amide bonds. The van der Waals surface area contributed by atoms with Crippen molar-refractivity contribution in [1.29, 1.82) is 0 Å². The van der Waals surface area contributed by atoms with E-state index < -0.39 is 0 Å². The standard InChI is InChI=1S/C14H15FN2S/c1-9-6-10(2)17-13(7-9)18-8-11-4-3-5-12(16)14(11)15/h3-7H,8,16H2,1-2H3. The zero-order valence-corrected chi connectivity index (χ0v) is 11.2. The summed E-state index contributed by atoms with van der Waals surface area (Å²) in [5, 5.41) is 0.911. The summed E-state index contributed by atoms with van der Waals surface area (Å²) in [6, 6.07) is 9.11. The Morgan fingerprint density at radius 1 is 1.28 bits per heavy atom. The Morgan fingerprint density at radius 2 is 2.06 bits per heavy atom. The zero-order valence-electron chi connectivity index (χ0n) is 10.4. The van der Waals surface area contributed by atoms with Crippen molar-refractivity contribution < 1.29 is 4.39 Å². The van der Waals surface area contributed by atoms with Gasteiger partial charge in [0.2, 0.25) is 0 Å². The van der Waals surface area contributed by atoms with E-state index in [4.69, 9.17) is 5.73 Å². The number of rotatable bonds is 3. The fourth-order valence-electron chi connectivity index (χ4n) is 1.74. The second kappa shape index (κ2) is 5.40. The van der Waals surface area contributed by atoms with Crippen molar-refractivity contribution in [2.24, 2.45) is 0 Å². The van der Waals surface area contributed by atoms with Gasteiger partial charge < -0.3 is 5.73 Å². The van der Waals surface area contributed by atoms with Gasteiger partial charge in [-0.05, 0) is 37.6 Å². The number of hydrogen-bond donors (Lipinski definition) is 1. The number of hydrogen-bond acceptors (Lipinski definition) is 3. The third kappa shape index (κ3) is 3.01. The largest absolute Gasteiger partial charge is 0.396 e. The third-order valence-electron chi connectivity index (χ3n) is 2.56. The van der Waals surface area contributed by atoms with E-state index in [0.29, 0.717) is 11.3 Å². The molecule has 2 nitrogen and oxygen atoms in total. The van der Waals surface area contributed by atoms with Crippen LogP contribution in [0.3, 0.4) is 0 Å². The summed E-state index contributed by atoms with van der Waals surface area (Å²) in [5.74, 6) is 0.210. The number of thioether (sulfide) groups is 1. The summed E-state index contributed by atoms with van der Waals surface area (Å²) in [6.07, 6.45) is 0. The first-order valence-corrected chi connectivity index (χ1v) is 6.66. The van der Waals surface area contributed by atoms with Gasteiger partial charge in [-0.2, -0.15) is 0 Å². The highest BCUT2D eigenvalue weighted by Crippen LogP contribution is 2.25. The molecule has 2 rings (SSSR count). The fraction of sp³-hybridized carbons (Fsp3) is 0.214. The quantitative estimate of drug-likeness (QED) is 0.677. The van der Waals surface area contributed by atoms with Crippen LogP contribution in [0.1, 0.15) is 16.8 Å². The Kier molecular flexibility index (Phi) is 3.87. The first-order valence-electron chi connectivity index (χ1n) is 5.67. The molecule has 4 heteroatoms. The van der Waals surface area contributed by atoms with Gasteiger partial charge in [-0.1, -0.05) is 12.1 Å². The molecular weight excluding hydrogens is 247 g/mol. The molecule has 0 saturated heterocycles. The second-order valence-electron chi connectivity index (χ2n) is 4.23. The van der Waals surface area contributed by atoms with E-state index in [1.54, 1.807) is 18.2 Å². The van der Waals surface area contributed by atoms with Crippen molar-refractivity contribution in [2.75, 3.05) is 5.73 Å². The molecule has 2 aromatic rings. The van der Waals surface area contributed by atoms with Crippen molar-refractivity contribution >= 4 is 17.4 Å².